The fraction of sp³-hybridized carbons (Fsp3) is 0.778. The molecule has 25 heavy (non-hydrogen) atoms. The Hall–Kier alpha value is -2.12. The summed E-state index contributed by atoms with van der Waals surface area (Å²) in [6, 6.07) is 1.78. The van der Waals surface area contributed by atoms with Crippen LogP contribution in [0.2, 0.25) is 0 Å². The average molecular weight is 346 g/mol. The topological polar surface area (TPSA) is 116 Å². The van der Waals surface area contributed by atoms with Crippen LogP contribution >= 0.6 is 0 Å². The van der Waals surface area contributed by atoms with Crippen LogP contribution in [0.5, 0.6) is 0 Å². The van der Waals surface area contributed by atoms with Gasteiger partial charge in [-0.1, -0.05) is 32.1 Å². The smallest absolute Gasteiger partial charge is 0.244 e. The van der Waals surface area contributed by atoms with E-state index in [9.17, 15) is 10.1 Å². The van der Waals surface area contributed by atoms with Crippen molar-refractivity contribution >= 4 is 12.6 Å². The molecule has 1 unspecified atom stereocenters. The van der Waals surface area contributed by atoms with Crippen LogP contribution in [0.3, 0.4) is 0 Å². The lowest BCUT2D eigenvalue weighted by atomic mass is 9.84. The second-order valence-corrected chi connectivity index (χ2v) is 7.03. The highest BCUT2D eigenvalue weighted by atomic mass is 16.2. The highest BCUT2D eigenvalue weighted by Crippen LogP contribution is 2.28. The fourth-order valence-corrected chi connectivity index (χ4v) is 3.65. The molecule has 1 aliphatic carbocycles. The summed E-state index contributed by atoms with van der Waals surface area (Å²) in [6.45, 7) is 4.10. The molecule has 0 aromatic carbocycles. The Morgan fingerprint density at radius 1 is 1.28 bits per heavy atom. The number of amides is 1. The number of likely N-dealkylation sites (tertiary alicyclic amines) is 1. The van der Waals surface area contributed by atoms with Crippen molar-refractivity contribution in [2.75, 3.05) is 20.1 Å². The molecular formula is C18H30N6O. The summed E-state index contributed by atoms with van der Waals surface area (Å²) in [6.07, 6.45) is 9.80. The summed E-state index contributed by atoms with van der Waals surface area (Å²) in [7, 11) is 2.02. The number of carbonyl (C=O) groups is 1. The molecule has 1 amide bonds. The van der Waals surface area contributed by atoms with Gasteiger partial charge in [0.25, 0.3) is 0 Å². The molecule has 2 rings (SSSR count). The van der Waals surface area contributed by atoms with Gasteiger partial charge >= 0.3 is 0 Å². The number of hydrogen-bond donors (Lipinski definition) is 3. The van der Waals surface area contributed by atoms with E-state index in [1.807, 2.05) is 13.2 Å². The first-order chi connectivity index (χ1) is 12.1. The number of nitrogens with zero attached hydrogens (tertiary/aromatic N) is 3. The van der Waals surface area contributed by atoms with Crippen LogP contribution in [-0.4, -0.2) is 49.2 Å². The molecule has 1 saturated carbocycles. The molecule has 0 aromatic heterocycles. The van der Waals surface area contributed by atoms with Gasteiger partial charge in [-0.3, -0.25) is 4.79 Å². The molecule has 1 heterocycles. The Balaban J connectivity index is 0.00000151. The molecule has 1 saturated heterocycles. The van der Waals surface area contributed by atoms with Crippen molar-refractivity contribution in [2.45, 2.75) is 62.9 Å². The van der Waals surface area contributed by atoms with E-state index >= 15 is 0 Å². The van der Waals surface area contributed by atoms with E-state index in [0.29, 0.717) is 25.2 Å². The zero-order valence-electron chi connectivity index (χ0n) is 15.2. The Morgan fingerprint density at radius 3 is 2.40 bits per heavy atom. The zero-order chi connectivity index (χ0) is 18.7. The first-order valence-electron chi connectivity index (χ1n) is 9.00. The van der Waals surface area contributed by atoms with E-state index in [0.717, 1.165) is 25.9 Å². The number of nitriles is 2. The first kappa shape index (κ1) is 20.9. The van der Waals surface area contributed by atoms with E-state index in [-0.39, 0.29) is 5.91 Å². The molecule has 0 bridgehead atoms. The molecule has 7 nitrogen and oxygen atoms in total. The van der Waals surface area contributed by atoms with Crippen molar-refractivity contribution in [2.24, 2.45) is 5.92 Å². The van der Waals surface area contributed by atoms with Gasteiger partial charge in [0.1, 0.15) is 11.6 Å². The van der Waals surface area contributed by atoms with Gasteiger partial charge in [0.2, 0.25) is 5.91 Å². The third kappa shape index (κ3) is 6.36. The molecule has 2 aliphatic rings. The van der Waals surface area contributed by atoms with E-state index in [4.69, 9.17) is 10.7 Å². The van der Waals surface area contributed by atoms with Crippen LogP contribution in [0.25, 0.3) is 0 Å². The number of rotatable bonds is 5. The van der Waals surface area contributed by atoms with Crippen LogP contribution in [0.15, 0.2) is 0 Å². The number of carbonyl (C=O) groups excluding carboxylic acids is 1. The van der Waals surface area contributed by atoms with E-state index in [1.165, 1.54) is 19.3 Å². The highest BCUT2D eigenvalue weighted by Gasteiger charge is 2.37. The minimum Gasteiger partial charge on any atom is -0.336 e. The van der Waals surface area contributed by atoms with Gasteiger partial charge in [-0.15, -0.1) is 0 Å². The quantitative estimate of drug-likeness (QED) is 0.398. The minimum atomic E-state index is -0.786. The lowest BCUT2D eigenvalue weighted by Gasteiger charge is -2.37. The van der Waals surface area contributed by atoms with Gasteiger partial charge < -0.3 is 20.9 Å². The molecule has 2 fully saturated rings. The number of hydrogen-bond acceptors (Lipinski definition) is 6. The number of nitrogens with one attached hydrogen (secondary N) is 3. The average Bonchev–Trinajstić information content (AvgIpc) is 2.66. The zero-order valence-corrected chi connectivity index (χ0v) is 15.2. The molecule has 3 N–H and O–H groups in total. The Morgan fingerprint density at radius 2 is 1.88 bits per heavy atom. The van der Waals surface area contributed by atoms with Crippen molar-refractivity contribution in [3.63, 3.8) is 0 Å². The van der Waals surface area contributed by atoms with Crippen LogP contribution in [0.4, 0.5) is 0 Å². The lowest BCUT2D eigenvalue weighted by molar-refractivity contribution is -0.125. The molecule has 1 aliphatic heterocycles. The Labute approximate surface area is 150 Å². The second-order valence-electron chi connectivity index (χ2n) is 7.03. The normalized spacial score (nSPS) is 21.6. The first-order valence-corrected chi connectivity index (χ1v) is 9.00. The van der Waals surface area contributed by atoms with Gasteiger partial charge in [0.05, 0.1) is 6.07 Å². The molecule has 0 aromatic rings. The maximum Gasteiger partial charge on any atom is 0.244 e. The predicted molar refractivity (Wildman–Crippen MR) is 96.8 cm³/mol. The van der Waals surface area contributed by atoms with Crippen LogP contribution in [0.1, 0.15) is 51.4 Å². The summed E-state index contributed by atoms with van der Waals surface area (Å²) in [5.41, 5.74) is -0.786. The van der Waals surface area contributed by atoms with Crippen LogP contribution < -0.4 is 10.6 Å². The van der Waals surface area contributed by atoms with Crippen molar-refractivity contribution in [3.05, 3.63) is 0 Å². The molecular weight excluding hydrogens is 316 g/mol. The van der Waals surface area contributed by atoms with Crippen molar-refractivity contribution < 1.29 is 4.79 Å². The van der Waals surface area contributed by atoms with Gasteiger partial charge in [-0.2, -0.15) is 10.5 Å². The van der Waals surface area contributed by atoms with Gasteiger partial charge in [-0.25, -0.2) is 0 Å². The Kier molecular flexibility index (Phi) is 8.94. The van der Waals surface area contributed by atoms with Crippen molar-refractivity contribution in [3.8, 4) is 12.3 Å². The van der Waals surface area contributed by atoms with E-state index in [1.54, 1.807) is 0 Å². The van der Waals surface area contributed by atoms with Crippen molar-refractivity contribution in [1.29, 1.82) is 15.9 Å². The van der Waals surface area contributed by atoms with Crippen LogP contribution in [0, 0.1) is 34.1 Å². The minimum absolute atomic E-state index is 0.205. The van der Waals surface area contributed by atoms with E-state index in [2.05, 4.69) is 28.3 Å². The third-order valence-electron chi connectivity index (χ3n) is 5.27. The Bertz CT molecular complexity index is 495. The summed E-state index contributed by atoms with van der Waals surface area (Å²) in [5, 5.41) is 29.6. The van der Waals surface area contributed by atoms with Gasteiger partial charge in [-0.05, 0) is 38.9 Å². The molecule has 1 atom stereocenters. The second kappa shape index (κ2) is 10.7. The molecule has 138 valence electrons. The van der Waals surface area contributed by atoms with Gasteiger partial charge in [0, 0.05) is 13.1 Å². The van der Waals surface area contributed by atoms with Gasteiger partial charge in [0.15, 0.2) is 6.19 Å². The van der Waals surface area contributed by atoms with E-state index < -0.39 is 11.6 Å². The van der Waals surface area contributed by atoms with Crippen molar-refractivity contribution in [1.82, 2.24) is 15.5 Å². The summed E-state index contributed by atoms with van der Waals surface area (Å²) >= 11 is 0. The summed E-state index contributed by atoms with van der Waals surface area (Å²) in [4.78, 5) is 14.8. The maximum absolute atomic E-state index is 12.6. The predicted octanol–water partition coefficient (Wildman–Crippen LogP) is 1.77. The molecule has 7 heteroatoms. The fourth-order valence-electron chi connectivity index (χ4n) is 3.65. The highest BCUT2D eigenvalue weighted by molar-refractivity contribution is 5.83. The maximum atomic E-state index is 12.6. The largest absolute Gasteiger partial charge is 0.336 e. The SMILES string of the molecule is C=N.CN1CCC(C#N)(NC(=O)C(CC2CCCCC2)NC#N)CC1. The molecule has 0 radical (unpaired) electrons. The number of piperidine rings is 1. The molecule has 0 spiro atoms. The monoisotopic (exact) mass is 346 g/mol. The van der Waals surface area contributed by atoms with Crippen LogP contribution in [-0.2, 0) is 4.79 Å². The third-order valence-corrected chi connectivity index (χ3v) is 5.27. The standard InChI is InChI=1S/C17H27N5O.CH3N/c1-22-9-7-17(12-18,8-10-22)21-16(23)15(20-13-19)11-14-5-3-2-4-6-14;1-2/h14-15,20H,2-11H2,1H3,(H,21,23);2H,1H2. The summed E-state index contributed by atoms with van der Waals surface area (Å²) < 4.78 is 0. The summed E-state index contributed by atoms with van der Waals surface area (Å²) in [5.74, 6) is 0.291. The lowest BCUT2D eigenvalue weighted by Crippen LogP contribution is -2.57.